The summed E-state index contributed by atoms with van der Waals surface area (Å²) in [5.41, 5.74) is 0.795. The quantitative estimate of drug-likeness (QED) is 0.558. The number of aliphatic carboxylic acids is 1. The Labute approximate surface area is 145 Å². The third-order valence-corrected chi connectivity index (χ3v) is 3.45. The molecule has 1 rings (SSSR count). The number of carbonyl (C=O) groups excluding carboxylic acids is 2. The number of rotatable bonds is 10. The molecule has 0 radical (unpaired) electrons. The van der Waals surface area contributed by atoms with Gasteiger partial charge in [0.25, 0.3) is 5.91 Å². The molecule has 0 aromatic heterocycles. The van der Waals surface area contributed by atoms with Crippen molar-refractivity contribution in [1.29, 1.82) is 0 Å². The standard InChI is InChI=1S/C16H21ClN2O5/c1-24-9-8-18-16(23)12-7-6-11(10-13(12)17)19-14(20)4-2-3-5-15(21)22/h6-7,10H,2-5,8-9H2,1H3,(H,18,23)(H,19,20)(H,21,22). The van der Waals surface area contributed by atoms with Crippen molar-refractivity contribution >= 4 is 35.1 Å². The zero-order valence-electron chi connectivity index (χ0n) is 13.4. The van der Waals surface area contributed by atoms with Gasteiger partial charge in [-0.3, -0.25) is 14.4 Å². The summed E-state index contributed by atoms with van der Waals surface area (Å²) in [4.78, 5) is 34.1. The smallest absolute Gasteiger partial charge is 0.303 e. The summed E-state index contributed by atoms with van der Waals surface area (Å²) < 4.78 is 4.85. The van der Waals surface area contributed by atoms with Gasteiger partial charge in [-0.25, -0.2) is 0 Å². The molecule has 0 saturated heterocycles. The Kier molecular flexibility index (Phi) is 8.81. The van der Waals surface area contributed by atoms with Crippen molar-refractivity contribution in [3.8, 4) is 0 Å². The molecule has 0 atom stereocenters. The summed E-state index contributed by atoms with van der Waals surface area (Å²) in [6.45, 7) is 0.778. The number of hydrogen-bond acceptors (Lipinski definition) is 4. The van der Waals surface area contributed by atoms with E-state index >= 15 is 0 Å². The van der Waals surface area contributed by atoms with Crippen LogP contribution in [0.3, 0.4) is 0 Å². The molecule has 7 nitrogen and oxygen atoms in total. The highest BCUT2D eigenvalue weighted by Gasteiger charge is 2.11. The molecular weight excluding hydrogens is 336 g/mol. The van der Waals surface area contributed by atoms with Gasteiger partial charge in [-0.05, 0) is 31.0 Å². The van der Waals surface area contributed by atoms with Crippen LogP contribution in [-0.2, 0) is 14.3 Å². The first-order valence-corrected chi connectivity index (χ1v) is 7.90. The number of carboxylic acids is 1. The summed E-state index contributed by atoms with van der Waals surface area (Å²) >= 11 is 6.07. The van der Waals surface area contributed by atoms with Gasteiger partial charge in [-0.1, -0.05) is 11.6 Å². The van der Waals surface area contributed by atoms with E-state index in [4.69, 9.17) is 21.4 Å². The van der Waals surface area contributed by atoms with Crippen molar-refractivity contribution in [2.24, 2.45) is 0 Å². The minimum atomic E-state index is -0.874. The highest BCUT2D eigenvalue weighted by atomic mass is 35.5. The van der Waals surface area contributed by atoms with Gasteiger partial charge in [0, 0.05) is 32.2 Å². The lowest BCUT2D eigenvalue weighted by atomic mass is 10.1. The summed E-state index contributed by atoms with van der Waals surface area (Å²) in [6.07, 6.45) is 1.21. The molecular formula is C16H21ClN2O5. The van der Waals surface area contributed by atoms with Crippen LogP contribution in [0.2, 0.25) is 5.02 Å². The normalized spacial score (nSPS) is 10.2. The number of methoxy groups -OCH3 is 1. The van der Waals surface area contributed by atoms with E-state index in [1.54, 1.807) is 6.07 Å². The molecule has 0 spiro atoms. The van der Waals surface area contributed by atoms with Gasteiger partial charge in [0.05, 0.1) is 17.2 Å². The van der Waals surface area contributed by atoms with Crippen molar-refractivity contribution in [2.45, 2.75) is 25.7 Å². The topological polar surface area (TPSA) is 105 Å². The Balaban J connectivity index is 2.50. The van der Waals surface area contributed by atoms with Gasteiger partial charge in [-0.2, -0.15) is 0 Å². The van der Waals surface area contributed by atoms with Gasteiger partial charge in [-0.15, -0.1) is 0 Å². The molecule has 0 saturated carbocycles. The Morgan fingerprint density at radius 2 is 1.92 bits per heavy atom. The summed E-state index contributed by atoms with van der Waals surface area (Å²) in [6, 6.07) is 4.62. The van der Waals surface area contributed by atoms with Crippen LogP contribution in [0.1, 0.15) is 36.0 Å². The van der Waals surface area contributed by atoms with E-state index in [1.165, 1.54) is 19.2 Å². The third-order valence-electron chi connectivity index (χ3n) is 3.13. The Morgan fingerprint density at radius 3 is 2.54 bits per heavy atom. The molecule has 0 aliphatic rings. The number of hydrogen-bond donors (Lipinski definition) is 3. The van der Waals surface area contributed by atoms with Crippen molar-refractivity contribution in [2.75, 3.05) is 25.6 Å². The number of unbranched alkanes of at least 4 members (excludes halogenated alkanes) is 1. The predicted octanol–water partition coefficient (Wildman–Crippen LogP) is 2.30. The summed E-state index contributed by atoms with van der Waals surface area (Å²) in [7, 11) is 1.54. The zero-order valence-corrected chi connectivity index (χ0v) is 14.2. The number of carboxylic acid groups (broad SMARTS) is 1. The first kappa shape index (κ1) is 19.9. The summed E-state index contributed by atoms with van der Waals surface area (Å²) in [5, 5.41) is 14.1. The van der Waals surface area contributed by atoms with Crippen molar-refractivity contribution in [3.05, 3.63) is 28.8 Å². The molecule has 0 fully saturated rings. The van der Waals surface area contributed by atoms with Gasteiger partial charge in [0.15, 0.2) is 0 Å². The zero-order chi connectivity index (χ0) is 17.9. The van der Waals surface area contributed by atoms with Gasteiger partial charge in [0.2, 0.25) is 5.91 Å². The second-order valence-electron chi connectivity index (χ2n) is 5.09. The van der Waals surface area contributed by atoms with Crippen LogP contribution in [0.4, 0.5) is 5.69 Å². The second-order valence-corrected chi connectivity index (χ2v) is 5.50. The fourth-order valence-electron chi connectivity index (χ4n) is 1.92. The number of nitrogens with one attached hydrogen (secondary N) is 2. The molecule has 1 aromatic rings. The van der Waals surface area contributed by atoms with Crippen LogP contribution < -0.4 is 10.6 Å². The molecule has 8 heteroatoms. The average Bonchev–Trinajstić information content (AvgIpc) is 2.51. The minimum Gasteiger partial charge on any atom is -0.481 e. The predicted molar refractivity (Wildman–Crippen MR) is 90.4 cm³/mol. The van der Waals surface area contributed by atoms with Gasteiger partial charge in [0.1, 0.15) is 0 Å². The van der Waals surface area contributed by atoms with E-state index in [9.17, 15) is 14.4 Å². The van der Waals surface area contributed by atoms with Crippen LogP contribution in [0, 0.1) is 0 Å². The van der Waals surface area contributed by atoms with E-state index in [0.29, 0.717) is 37.2 Å². The molecule has 0 bridgehead atoms. The van der Waals surface area contributed by atoms with E-state index in [0.717, 1.165) is 0 Å². The van der Waals surface area contributed by atoms with E-state index in [1.807, 2.05) is 0 Å². The lowest BCUT2D eigenvalue weighted by Gasteiger charge is -2.09. The lowest BCUT2D eigenvalue weighted by Crippen LogP contribution is -2.27. The SMILES string of the molecule is COCCNC(=O)c1ccc(NC(=O)CCCCC(=O)O)cc1Cl. The number of benzene rings is 1. The first-order chi connectivity index (χ1) is 11.4. The number of carbonyl (C=O) groups is 3. The lowest BCUT2D eigenvalue weighted by molar-refractivity contribution is -0.137. The largest absolute Gasteiger partial charge is 0.481 e. The van der Waals surface area contributed by atoms with Crippen molar-refractivity contribution < 1.29 is 24.2 Å². The molecule has 0 heterocycles. The molecule has 1 aromatic carbocycles. The number of halogens is 1. The van der Waals surface area contributed by atoms with Crippen LogP contribution in [-0.4, -0.2) is 43.2 Å². The molecule has 0 aliphatic heterocycles. The van der Waals surface area contributed by atoms with E-state index in [-0.39, 0.29) is 29.7 Å². The highest BCUT2D eigenvalue weighted by molar-refractivity contribution is 6.34. The fraction of sp³-hybridized carbons (Fsp3) is 0.438. The molecule has 24 heavy (non-hydrogen) atoms. The Hall–Kier alpha value is -2.12. The van der Waals surface area contributed by atoms with Crippen LogP contribution >= 0.6 is 11.6 Å². The maximum atomic E-state index is 11.9. The van der Waals surface area contributed by atoms with E-state index < -0.39 is 5.97 Å². The number of ether oxygens (including phenoxy) is 1. The maximum absolute atomic E-state index is 11.9. The number of amides is 2. The molecule has 3 N–H and O–H groups in total. The monoisotopic (exact) mass is 356 g/mol. The second kappa shape index (κ2) is 10.6. The molecule has 2 amide bonds. The Bertz CT molecular complexity index is 592. The van der Waals surface area contributed by atoms with E-state index in [2.05, 4.69) is 10.6 Å². The fourth-order valence-corrected chi connectivity index (χ4v) is 2.19. The summed E-state index contributed by atoms with van der Waals surface area (Å²) in [5.74, 6) is -1.42. The van der Waals surface area contributed by atoms with Crippen LogP contribution in [0.15, 0.2) is 18.2 Å². The molecule has 132 valence electrons. The van der Waals surface area contributed by atoms with Gasteiger partial charge < -0.3 is 20.5 Å². The van der Waals surface area contributed by atoms with Crippen molar-refractivity contribution in [1.82, 2.24) is 5.32 Å². The minimum absolute atomic E-state index is 0.0476. The van der Waals surface area contributed by atoms with Crippen molar-refractivity contribution in [3.63, 3.8) is 0 Å². The first-order valence-electron chi connectivity index (χ1n) is 7.52. The molecule has 0 aliphatic carbocycles. The third kappa shape index (κ3) is 7.43. The maximum Gasteiger partial charge on any atom is 0.303 e. The Morgan fingerprint density at radius 1 is 1.21 bits per heavy atom. The molecule has 0 unspecified atom stereocenters. The van der Waals surface area contributed by atoms with Gasteiger partial charge >= 0.3 is 5.97 Å². The highest BCUT2D eigenvalue weighted by Crippen LogP contribution is 2.21. The number of anilines is 1. The van der Waals surface area contributed by atoms with Crippen LogP contribution in [0.5, 0.6) is 0 Å². The van der Waals surface area contributed by atoms with Crippen LogP contribution in [0.25, 0.3) is 0 Å². The average molecular weight is 357 g/mol.